The minimum Gasteiger partial charge on any atom is -0.356 e. The van der Waals surface area contributed by atoms with Gasteiger partial charge in [-0.2, -0.15) is 0 Å². The first-order valence-electron chi connectivity index (χ1n) is 9.25. The van der Waals surface area contributed by atoms with E-state index < -0.39 is 0 Å². The molecule has 1 aromatic rings. The SMILES string of the molecule is CN=C(NCCCCN1CCCC(C)C1)NCCc1csc(C)n1. The van der Waals surface area contributed by atoms with Crippen molar-refractivity contribution in [1.82, 2.24) is 20.5 Å². The van der Waals surface area contributed by atoms with Gasteiger partial charge in [0.15, 0.2) is 5.96 Å². The summed E-state index contributed by atoms with van der Waals surface area (Å²) in [6.45, 7) is 10.1. The van der Waals surface area contributed by atoms with E-state index >= 15 is 0 Å². The fraction of sp³-hybridized carbons (Fsp3) is 0.778. The van der Waals surface area contributed by atoms with Gasteiger partial charge in [-0.05, 0) is 51.6 Å². The number of thiazole rings is 1. The molecule has 0 radical (unpaired) electrons. The lowest BCUT2D eigenvalue weighted by molar-refractivity contribution is 0.181. The van der Waals surface area contributed by atoms with Gasteiger partial charge < -0.3 is 15.5 Å². The van der Waals surface area contributed by atoms with Crippen molar-refractivity contribution in [2.45, 2.75) is 46.0 Å². The lowest BCUT2D eigenvalue weighted by Crippen LogP contribution is -2.39. The fourth-order valence-electron chi connectivity index (χ4n) is 3.21. The zero-order valence-electron chi connectivity index (χ0n) is 15.5. The van der Waals surface area contributed by atoms with Crippen molar-refractivity contribution in [2.24, 2.45) is 10.9 Å². The standard InChI is InChI=1S/C18H33N5S/c1-15-7-6-12-23(13-15)11-5-4-9-20-18(19-3)21-10-8-17-14-24-16(2)22-17/h14-15H,4-13H2,1-3H3,(H2,19,20,21). The maximum Gasteiger partial charge on any atom is 0.190 e. The van der Waals surface area contributed by atoms with E-state index in [1.165, 1.54) is 45.3 Å². The normalized spacial score (nSPS) is 19.5. The Labute approximate surface area is 151 Å². The van der Waals surface area contributed by atoms with Crippen molar-refractivity contribution in [3.05, 3.63) is 16.1 Å². The van der Waals surface area contributed by atoms with Crippen molar-refractivity contribution in [1.29, 1.82) is 0 Å². The third-order valence-electron chi connectivity index (χ3n) is 4.50. The first kappa shape index (κ1) is 19.2. The Kier molecular flexibility index (Phi) is 8.53. The molecule has 0 spiro atoms. The number of aryl methyl sites for hydroxylation is 1. The fourth-order valence-corrected chi connectivity index (χ4v) is 3.86. The highest BCUT2D eigenvalue weighted by Crippen LogP contribution is 2.15. The van der Waals surface area contributed by atoms with Crippen LogP contribution in [0, 0.1) is 12.8 Å². The summed E-state index contributed by atoms with van der Waals surface area (Å²) in [4.78, 5) is 11.4. The molecule has 1 fully saturated rings. The summed E-state index contributed by atoms with van der Waals surface area (Å²) < 4.78 is 0. The molecular formula is C18H33N5S. The van der Waals surface area contributed by atoms with E-state index in [2.05, 4.69) is 37.8 Å². The summed E-state index contributed by atoms with van der Waals surface area (Å²) >= 11 is 1.71. The van der Waals surface area contributed by atoms with Crippen LogP contribution in [0.2, 0.25) is 0 Å². The molecule has 2 heterocycles. The molecule has 1 aliphatic heterocycles. The molecule has 0 amide bonds. The molecule has 0 bridgehead atoms. The molecule has 2 N–H and O–H groups in total. The van der Waals surface area contributed by atoms with Gasteiger partial charge in [0.25, 0.3) is 0 Å². The summed E-state index contributed by atoms with van der Waals surface area (Å²) in [7, 11) is 1.83. The summed E-state index contributed by atoms with van der Waals surface area (Å²) in [5.74, 6) is 1.77. The number of guanidine groups is 1. The van der Waals surface area contributed by atoms with Gasteiger partial charge in [-0.15, -0.1) is 11.3 Å². The number of hydrogen-bond donors (Lipinski definition) is 2. The van der Waals surface area contributed by atoms with Crippen LogP contribution in [0.15, 0.2) is 10.4 Å². The van der Waals surface area contributed by atoms with Crippen LogP contribution in [0.3, 0.4) is 0 Å². The second-order valence-electron chi connectivity index (χ2n) is 6.79. The predicted molar refractivity (Wildman–Crippen MR) is 104 cm³/mol. The first-order valence-corrected chi connectivity index (χ1v) is 10.1. The molecule has 0 aromatic carbocycles. The molecule has 0 aliphatic carbocycles. The van der Waals surface area contributed by atoms with Gasteiger partial charge in [0.1, 0.15) is 0 Å². The molecule has 1 unspecified atom stereocenters. The van der Waals surface area contributed by atoms with Crippen molar-refractivity contribution in [3.63, 3.8) is 0 Å². The van der Waals surface area contributed by atoms with Crippen LogP contribution in [0.25, 0.3) is 0 Å². The van der Waals surface area contributed by atoms with E-state index in [0.717, 1.165) is 42.1 Å². The number of aromatic nitrogens is 1. The number of aliphatic imine (C=N–C) groups is 1. The molecular weight excluding hydrogens is 318 g/mol. The van der Waals surface area contributed by atoms with Gasteiger partial charge >= 0.3 is 0 Å². The minimum absolute atomic E-state index is 0.870. The Hall–Kier alpha value is -1.14. The number of nitrogens with one attached hydrogen (secondary N) is 2. The van der Waals surface area contributed by atoms with E-state index in [4.69, 9.17) is 0 Å². The van der Waals surface area contributed by atoms with Gasteiger partial charge in [-0.1, -0.05) is 6.92 Å². The van der Waals surface area contributed by atoms with E-state index in [0.29, 0.717) is 0 Å². The molecule has 6 heteroatoms. The van der Waals surface area contributed by atoms with Crippen molar-refractivity contribution in [2.75, 3.05) is 39.8 Å². The predicted octanol–water partition coefficient (Wildman–Crippen LogP) is 2.67. The molecule has 1 atom stereocenters. The zero-order valence-corrected chi connectivity index (χ0v) is 16.3. The van der Waals surface area contributed by atoms with Crippen LogP contribution in [-0.2, 0) is 6.42 Å². The van der Waals surface area contributed by atoms with Crippen LogP contribution in [0.4, 0.5) is 0 Å². The second kappa shape index (κ2) is 10.7. The van der Waals surface area contributed by atoms with Crippen molar-refractivity contribution < 1.29 is 0 Å². The molecule has 1 aliphatic rings. The van der Waals surface area contributed by atoms with E-state index in [1.807, 2.05) is 14.0 Å². The molecule has 1 aromatic heterocycles. The van der Waals surface area contributed by atoms with Crippen molar-refractivity contribution >= 4 is 17.3 Å². The number of unbranched alkanes of at least 4 members (excludes halogenated alkanes) is 1. The Bertz CT molecular complexity index is 499. The van der Waals surface area contributed by atoms with Gasteiger partial charge in [-0.25, -0.2) is 4.98 Å². The highest BCUT2D eigenvalue weighted by atomic mass is 32.1. The Balaban J connectivity index is 1.51. The summed E-state index contributed by atoms with van der Waals surface area (Å²) in [5, 5.41) is 10.0. The quantitative estimate of drug-likeness (QED) is 0.429. The maximum absolute atomic E-state index is 4.48. The van der Waals surface area contributed by atoms with Crippen LogP contribution < -0.4 is 10.6 Å². The van der Waals surface area contributed by atoms with Gasteiger partial charge in [0.2, 0.25) is 0 Å². The average molecular weight is 352 g/mol. The van der Waals surface area contributed by atoms with Crippen LogP contribution in [0.1, 0.15) is 43.3 Å². The first-order chi connectivity index (χ1) is 11.7. The van der Waals surface area contributed by atoms with Gasteiger partial charge in [0, 0.05) is 38.5 Å². The highest BCUT2D eigenvalue weighted by molar-refractivity contribution is 7.09. The monoisotopic (exact) mass is 351 g/mol. The lowest BCUT2D eigenvalue weighted by atomic mass is 10.0. The Morgan fingerprint density at radius 1 is 1.38 bits per heavy atom. The largest absolute Gasteiger partial charge is 0.356 e. The molecule has 24 heavy (non-hydrogen) atoms. The van der Waals surface area contributed by atoms with Gasteiger partial charge in [-0.3, -0.25) is 4.99 Å². The lowest BCUT2D eigenvalue weighted by Gasteiger charge is -2.30. The second-order valence-corrected chi connectivity index (χ2v) is 7.85. The summed E-state index contributed by atoms with van der Waals surface area (Å²) in [6, 6.07) is 0. The van der Waals surface area contributed by atoms with Crippen molar-refractivity contribution in [3.8, 4) is 0 Å². The minimum atomic E-state index is 0.870. The summed E-state index contributed by atoms with van der Waals surface area (Å²) in [5.41, 5.74) is 1.16. The molecule has 1 saturated heterocycles. The topological polar surface area (TPSA) is 52.6 Å². The van der Waals surface area contributed by atoms with E-state index in [-0.39, 0.29) is 0 Å². The number of likely N-dealkylation sites (tertiary alicyclic amines) is 1. The zero-order chi connectivity index (χ0) is 17.2. The smallest absolute Gasteiger partial charge is 0.190 e. The molecule has 2 rings (SSSR count). The average Bonchev–Trinajstić information content (AvgIpc) is 2.98. The summed E-state index contributed by atoms with van der Waals surface area (Å²) in [6.07, 6.45) is 6.17. The number of hydrogen-bond acceptors (Lipinski definition) is 4. The Morgan fingerprint density at radius 2 is 2.21 bits per heavy atom. The molecule has 5 nitrogen and oxygen atoms in total. The molecule has 0 saturated carbocycles. The van der Waals surface area contributed by atoms with E-state index in [1.54, 1.807) is 11.3 Å². The number of rotatable bonds is 8. The Morgan fingerprint density at radius 3 is 2.92 bits per heavy atom. The van der Waals surface area contributed by atoms with E-state index in [9.17, 15) is 0 Å². The van der Waals surface area contributed by atoms with Crippen LogP contribution in [-0.4, -0.2) is 55.6 Å². The van der Waals surface area contributed by atoms with Crippen LogP contribution >= 0.6 is 11.3 Å². The number of piperidine rings is 1. The third kappa shape index (κ3) is 7.18. The highest BCUT2D eigenvalue weighted by Gasteiger charge is 2.15. The maximum atomic E-state index is 4.48. The third-order valence-corrected chi connectivity index (χ3v) is 5.32. The molecule has 136 valence electrons. The number of nitrogens with zero attached hydrogens (tertiary/aromatic N) is 3. The van der Waals surface area contributed by atoms with Gasteiger partial charge in [0.05, 0.1) is 10.7 Å². The van der Waals surface area contributed by atoms with Crippen LogP contribution in [0.5, 0.6) is 0 Å².